The first-order valence-corrected chi connectivity index (χ1v) is 6.98. The fourth-order valence-corrected chi connectivity index (χ4v) is 2.12. The molecule has 1 saturated heterocycles. The van der Waals surface area contributed by atoms with Gasteiger partial charge in [-0.1, -0.05) is 6.07 Å². The van der Waals surface area contributed by atoms with Gasteiger partial charge in [0, 0.05) is 24.7 Å². The highest BCUT2D eigenvalue weighted by Crippen LogP contribution is 2.35. The lowest BCUT2D eigenvalue weighted by molar-refractivity contribution is -0.137. The van der Waals surface area contributed by atoms with Crippen molar-refractivity contribution >= 4 is 11.8 Å². The van der Waals surface area contributed by atoms with E-state index in [1.807, 2.05) is 0 Å². The summed E-state index contributed by atoms with van der Waals surface area (Å²) >= 11 is 0. The van der Waals surface area contributed by atoms with E-state index >= 15 is 0 Å². The highest BCUT2D eigenvalue weighted by atomic mass is 19.4. The number of hydrogen-bond acceptors (Lipinski definition) is 3. The third-order valence-corrected chi connectivity index (χ3v) is 3.24. The lowest BCUT2D eigenvalue weighted by Crippen LogP contribution is -2.40. The van der Waals surface area contributed by atoms with E-state index in [2.05, 4.69) is 10.6 Å². The summed E-state index contributed by atoms with van der Waals surface area (Å²) in [7, 11) is 0. The van der Waals surface area contributed by atoms with Gasteiger partial charge in [-0.2, -0.15) is 13.2 Å². The summed E-state index contributed by atoms with van der Waals surface area (Å²) in [5, 5.41) is 5.50. The molecule has 0 atom stereocenters. The molecule has 7 heteroatoms. The molecule has 1 aliphatic heterocycles. The topological polar surface area (TPSA) is 50.4 Å². The molecule has 1 aromatic carbocycles. The number of carbonyl (C=O) groups is 1. The van der Waals surface area contributed by atoms with E-state index in [1.165, 1.54) is 6.07 Å². The van der Waals surface area contributed by atoms with Crippen LogP contribution in [0.5, 0.6) is 0 Å². The third-order valence-electron chi connectivity index (χ3n) is 3.24. The molecule has 1 fully saturated rings. The molecule has 1 aromatic rings. The van der Waals surface area contributed by atoms with Gasteiger partial charge < -0.3 is 10.1 Å². The predicted octanol–water partition coefficient (Wildman–Crippen LogP) is 3.74. The Morgan fingerprint density at radius 3 is 2.36 bits per heavy atom. The summed E-state index contributed by atoms with van der Waals surface area (Å²) in [5.41, 5.74) is -0.688. The second-order valence-corrected chi connectivity index (χ2v) is 6.28. The summed E-state index contributed by atoms with van der Waals surface area (Å²) < 4.78 is 43.7. The highest BCUT2D eigenvalue weighted by molar-refractivity contribution is 5.86. The average Bonchev–Trinajstić information content (AvgIpc) is 2.24. The third kappa shape index (κ3) is 4.13. The molecule has 0 saturated carbocycles. The Morgan fingerprint density at radius 2 is 1.91 bits per heavy atom. The molecule has 0 aromatic heterocycles. The van der Waals surface area contributed by atoms with Crippen LogP contribution in [0.3, 0.4) is 0 Å². The number of rotatable bonds is 2. The van der Waals surface area contributed by atoms with Crippen molar-refractivity contribution in [1.29, 1.82) is 0 Å². The zero-order valence-corrected chi connectivity index (χ0v) is 12.7. The van der Waals surface area contributed by atoms with Gasteiger partial charge in [-0.05, 0) is 38.5 Å². The molecule has 22 heavy (non-hydrogen) atoms. The second kappa shape index (κ2) is 5.79. The van der Waals surface area contributed by atoms with E-state index in [4.69, 9.17) is 4.74 Å². The first kappa shape index (κ1) is 16.6. The van der Waals surface area contributed by atoms with Gasteiger partial charge in [0.05, 0.1) is 5.56 Å². The van der Waals surface area contributed by atoms with Crippen molar-refractivity contribution in [1.82, 2.24) is 5.32 Å². The molecule has 4 nitrogen and oxygen atoms in total. The van der Waals surface area contributed by atoms with Crippen molar-refractivity contribution in [2.45, 2.75) is 38.5 Å². The number of alkyl halides is 3. The number of halogens is 3. The zero-order valence-electron chi connectivity index (χ0n) is 12.7. The van der Waals surface area contributed by atoms with Crippen molar-refractivity contribution < 1.29 is 22.7 Å². The fraction of sp³-hybridized carbons (Fsp3) is 0.533. The summed E-state index contributed by atoms with van der Waals surface area (Å²) in [6, 6.07) is 3.41. The SMILES string of the molecule is CC(C)(C)OC(=O)Nc1cc(C(F)(F)F)ccc1C1CNC1. The van der Waals surface area contributed by atoms with Crippen LogP contribution < -0.4 is 10.6 Å². The van der Waals surface area contributed by atoms with Gasteiger partial charge in [0.15, 0.2) is 0 Å². The zero-order chi connectivity index (χ0) is 16.5. The molecule has 0 bridgehead atoms. The normalized spacial score (nSPS) is 16.1. The maximum absolute atomic E-state index is 12.8. The standard InChI is InChI=1S/C15H19F3N2O2/c1-14(2,3)22-13(21)20-12-6-10(15(16,17)18)4-5-11(12)9-7-19-8-9/h4-6,9,19H,7-8H2,1-3H3,(H,20,21). The van der Waals surface area contributed by atoms with Crippen LogP contribution in [0, 0.1) is 0 Å². The molecule has 2 N–H and O–H groups in total. The van der Waals surface area contributed by atoms with E-state index in [0.29, 0.717) is 18.7 Å². The number of benzene rings is 1. The molecule has 1 aliphatic rings. The van der Waals surface area contributed by atoms with E-state index < -0.39 is 23.4 Å². The Balaban J connectivity index is 2.27. The van der Waals surface area contributed by atoms with Crippen LogP contribution in [0.1, 0.15) is 37.8 Å². The van der Waals surface area contributed by atoms with Crippen LogP contribution in [0.2, 0.25) is 0 Å². The first-order chi connectivity index (χ1) is 10.1. The van der Waals surface area contributed by atoms with Crippen LogP contribution in [-0.4, -0.2) is 24.8 Å². The molecule has 0 aliphatic carbocycles. The molecule has 0 radical (unpaired) electrons. The Hall–Kier alpha value is -1.76. The van der Waals surface area contributed by atoms with E-state index in [9.17, 15) is 18.0 Å². The van der Waals surface area contributed by atoms with Gasteiger partial charge in [0.1, 0.15) is 5.60 Å². The maximum atomic E-state index is 12.8. The molecule has 2 rings (SSSR count). The molecule has 0 unspecified atom stereocenters. The monoisotopic (exact) mass is 316 g/mol. The van der Waals surface area contributed by atoms with Gasteiger partial charge >= 0.3 is 12.3 Å². The molecule has 1 amide bonds. The predicted molar refractivity (Wildman–Crippen MR) is 76.9 cm³/mol. The Labute approximate surface area is 127 Å². The van der Waals surface area contributed by atoms with Crippen molar-refractivity contribution in [3.8, 4) is 0 Å². The van der Waals surface area contributed by atoms with Gasteiger partial charge in [0.2, 0.25) is 0 Å². The maximum Gasteiger partial charge on any atom is 0.416 e. The number of nitrogens with one attached hydrogen (secondary N) is 2. The quantitative estimate of drug-likeness (QED) is 0.874. The lowest BCUT2D eigenvalue weighted by Gasteiger charge is -2.30. The largest absolute Gasteiger partial charge is 0.444 e. The van der Waals surface area contributed by atoms with Crippen LogP contribution in [0.4, 0.5) is 23.7 Å². The van der Waals surface area contributed by atoms with E-state index in [-0.39, 0.29) is 11.6 Å². The van der Waals surface area contributed by atoms with Crippen LogP contribution in [0.25, 0.3) is 0 Å². The average molecular weight is 316 g/mol. The van der Waals surface area contributed by atoms with E-state index in [1.54, 1.807) is 20.8 Å². The first-order valence-electron chi connectivity index (χ1n) is 6.98. The number of ether oxygens (including phenoxy) is 1. The van der Waals surface area contributed by atoms with Crippen molar-refractivity contribution in [2.24, 2.45) is 0 Å². The Kier molecular flexibility index (Phi) is 4.37. The molecule has 122 valence electrons. The van der Waals surface area contributed by atoms with Crippen LogP contribution in [0.15, 0.2) is 18.2 Å². The summed E-state index contributed by atoms with van der Waals surface area (Å²) in [6.45, 7) is 6.42. The highest BCUT2D eigenvalue weighted by Gasteiger charge is 2.33. The minimum atomic E-state index is -4.46. The minimum absolute atomic E-state index is 0.0900. The van der Waals surface area contributed by atoms with Crippen molar-refractivity contribution in [2.75, 3.05) is 18.4 Å². The summed E-state index contributed by atoms with van der Waals surface area (Å²) in [5.74, 6) is 0.0900. The molecule has 0 spiro atoms. The van der Waals surface area contributed by atoms with Crippen LogP contribution in [-0.2, 0) is 10.9 Å². The summed E-state index contributed by atoms with van der Waals surface area (Å²) in [4.78, 5) is 11.8. The fourth-order valence-electron chi connectivity index (χ4n) is 2.12. The van der Waals surface area contributed by atoms with Crippen molar-refractivity contribution in [3.63, 3.8) is 0 Å². The number of carbonyl (C=O) groups excluding carboxylic acids is 1. The summed E-state index contributed by atoms with van der Waals surface area (Å²) in [6.07, 6.45) is -5.22. The Bertz CT molecular complexity index is 561. The van der Waals surface area contributed by atoms with Crippen molar-refractivity contribution in [3.05, 3.63) is 29.3 Å². The number of amides is 1. The molecular formula is C15H19F3N2O2. The van der Waals surface area contributed by atoms with Gasteiger partial charge in [0.25, 0.3) is 0 Å². The van der Waals surface area contributed by atoms with Crippen LogP contribution >= 0.6 is 0 Å². The van der Waals surface area contributed by atoms with Gasteiger partial charge in [-0.25, -0.2) is 4.79 Å². The number of hydrogen-bond donors (Lipinski definition) is 2. The molecular weight excluding hydrogens is 297 g/mol. The molecule has 1 heterocycles. The smallest absolute Gasteiger partial charge is 0.416 e. The lowest BCUT2D eigenvalue weighted by atomic mass is 9.91. The van der Waals surface area contributed by atoms with E-state index in [0.717, 1.165) is 12.1 Å². The van der Waals surface area contributed by atoms with Gasteiger partial charge in [-0.15, -0.1) is 0 Å². The minimum Gasteiger partial charge on any atom is -0.444 e. The van der Waals surface area contributed by atoms with Gasteiger partial charge in [-0.3, -0.25) is 5.32 Å². The number of anilines is 1. The second-order valence-electron chi connectivity index (χ2n) is 6.28. The Morgan fingerprint density at radius 1 is 1.27 bits per heavy atom.